The highest BCUT2D eigenvalue weighted by atomic mass is 16.5. The molecule has 29 heavy (non-hydrogen) atoms. The third-order valence-electron chi connectivity index (χ3n) is 5.36. The molecule has 2 aliphatic heterocycles. The van der Waals surface area contributed by atoms with E-state index >= 15 is 0 Å². The van der Waals surface area contributed by atoms with Gasteiger partial charge in [0.25, 0.3) is 5.91 Å². The summed E-state index contributed by atoms with van der Waals surface area (Å²) in [6.45, 7) is 2.75. The van der Waals surface area contributed by atoms with Gasteiger partial charge in [-0.15, -0.1) is 5.10 Å². The van der Waals surface area contributed by atoms with Gasteiger partial charge in [-0.2, -0.15) is 0 Å². The lowest BCUT2D eigenvalue weighted by Crippen LogP contribution is -2.31. The van der Waals surface area contributed by atoms with Crippen LogP contribution in [0.5, 0.6) is 5.75 Å². The smallest absolute Gasteiger partial charge is 0.273 e. The van der Waals surface area contributed by atoms with Gasteiger partial charge in [-0.25, -0.2) is 4.68 Å². The summed E-state index contributed by atoms with van der Waals surface area (Å²) in [6, 6.07) is 7.71. The van der Waals surface area contributed by atoms with E-state index in [-0.39, 0.29) is 24.5 Å². The Labute approximate surface area is 169 Å². The molecule has 1 aromatic heterocycles. The lowest BCUT2D eigenvalue weighted by atomic mass is 10.1. The Bertz CT molecular complexity index is 879. The lowest BCUT2D eigenvalue weighted by molar-refractivity contribution is -0.127. The summed E-state index contributed by atoms with van der Waals surface area (Å²) < 4.78 is 12.9. The first-order valence-electron chi connectivity index (χ1n) is 9.89. The van der Waals surface area contributed by atoms with Crippen molar-refractivity contribution in [2.45, 2.75) is 38.5 Å². The van der Waals surface area contributed by atoms with Crippen LogP contribution >= 0.6 is 0 Å². The van der Waals surface area contributed by atoms with E-state index in [1.807, 2.05) is 29.2 Å². The monoisotopic (exact) mass is 399 g/mol. The predicted octanol–water partition coefficient (Wildman–Crippen LogP) is 1.30. The molecule has 1 atom stereocenters. The lowest BCUT2D eigenvalue weighted by Gasteiger charge is -2.24. The summed E-state index contributed by atoms with van der Waals surface area (Å²) in [5.74, 6) is 0.733. The van der Waals surface area contributed by atoms with Crippen LogP contribution in [0.2, 0.25) is 0 Å². The largest absolute Gasteiger partial charge is 0.497 e. The van der Waals surface area contributed by atoms with E-state index in [9.17, 15) is 9.59 Å². The number of fused-ring (bicyclic) bond motifs is 1. The second kappa shape index (κ2) is 8.60. The zero-order valence-corrected chi connectivity index (χ0v) is 16.5. The van der Waals surface area contributed by atoms with Gasteiger partial charge in [0, 0.05) is 26.1 Å². The molecule has 0 aliphatic carbocycles. The zero-order valence-electron chi connectivity index (χ0n) is 16.5. The van der Waals surface area contributed by atoms with Crippen molar-refractivity contribution >= 4 is 11.8 Å². The molecule has 1 saturated heterocycles. The molecule has 1 unspecified atom stereocenters. The maximum atomic E-state index is 12.5. The van der Waals surface area contributed by atoms with Crippen LogP contribution < -0.4 is 10.1 Å². The number of rotatable bonds is 7. The molecule has 0 saturated carbocycles. The average molecular weight is 399 g/mol. The van der Waals surface area contributed by atoms with Gasteiger partial charge in [0.1, 0.15) is 11.9 Å². The highest BCUT2D eigenvalue weighted by molar-refractivity contribution is 5.93. The summed E-state index contributed by atoms with van der Waals surface area (Å²) in [7, 11) is 1.63. The average Bonchev–Trinajstić information content (AvgIpc) is 3.36. The number of carbonyl (C=O) groups excluding carboxylic acids is 2. The molecule has 2 aliphatic rings. The van der Waals surface area contributed by atoms with Gasteiger partial charge in [0.15, 0.2) is 5.69 Å². The quantitative estimate of drug-likeness (QED) is 0.705. The molecule has 0 spiro atoms. The zero-order chi connectivity index (χ0) is 20.2. The molecule has 9 nitrogen and oxygen atoms in total. The number of amides is 2. The Balaban J connectivity index is 1.31. The standard InChI is InChI=1S/C20H25N5O4/c1-28-15-7-5-14(6-8-15)17-12-25-16(13-29-17)19(22-23-25)20(27)21-9-3-11-24-10-2-4-18(24)26/h5-8,17H,2-4,9-13H2,1H3,(H,21,27). The van der Waals surface area contributed by atoms with Gasteiger partial charge in [-0.1, -0.05) is 17.3 Å². The van der Waals surface area contributed by atoms with Crippen LogP contribution in [-0.4, -0.2) is 58.5 Å². The molecule has 0 radical (unpaired) electrons. The Hall–Kier alpha value is -2.94. The first-order valence-corrected chi connectivity index (χ1v) is 9.89. The van der Waals surface area contributed by atoms with E-state index in [0.717, 1.165) is 30.7 Å². The number of nitrogens with zero attached hydrogens (tertiary/aromatic N) is 4. The minimum atomic E-state index is -0.259. The number of hydrogen-bond acceptors (Lipinski definition) is 6. The van der Waals surface area contributed by atoms with E-state index in [4.69, 9.17) is 9.47 Å². The molecule has 1 fully saturated rings. The molecule has 0 bridgehead atoms. The molecule has 2 aromatic rings. The molecule has 154 valence electrons. The van der Waals surface area contributed by atoms with Crippen molar-refractivity contribution in [1.29, 1.82) is 0 Å². The number of hydrogen-bond donors (Lipinski definition) is 1. The van der Waals surface area contributed by atoms with Crippen LogP contribution in [0.4, 0.5) is 0 Å². The van der Waals surface area contributed by atoms with Crippen LogP contribution in [0.1, 0.15) is 47.1 Å². The second-order valence-corrected chi connectivity index (χ2v) is 7.23. The maximum Gasteiger partial charge on any atom is 0.273 e. The molecule has 1 aromatic carbocycles. The minimum Gasteiger partial charge on any atom is -0.497 e. The van der Waals surface area contributed by atoms with E-state index in [1.54, 1.807) is 11.8 Å². The summed E-state index contributed by atoms with van der Waals surface area (Å²) in [5, 5.41) is 11.1. The Morgan fingerprint density at radius 2 is 2.17 bits per heavy atom. The van der Waals surface area contributed by atoms with Crippen LogP contribution in [0.15, 0.2) is 24.3 Å². The van der Waals surface area contributed by atoms with Crippen LogP contribution in [-0.2, 0) is 22.7 Å². The maximum absolute atomic E-state index is 12.5. The van der Waals surface area contributed by atoms with E-state index in [1.165, 1.54) is 0 Å². The van der Waals surface area contributed by atoms with Gasteiger partial charge in [-0.3, -0.25) is 9.59 Å². The number of ether oxygens (including phenoxy) is 2. The Morgan fingerprint density at radius 1 is 1.34 bits per heavy atom. The van der Waals surface area contributed by atoms with Crippen molar-refractivity contribution in [2.24, 2.45) is 0 Å². The number of carbonyl (C=O) groups is 2. The fourth-order valence-corrected chi connectivity index (χ4v) is 3.70. The summed E-state index contributed by atoms with van der Waals surface area (Å²) >= 11 is 0. The molecule has 1 N–H and O–H groups in total. The number of methoxy groups -OCH3 is 1. The van der Waals surface area contributed by atoms with Crippen molar-refractivity contribution in [3.63, 3.8) is 0 Å². The third-order valence-corrected chi connectivity index (χ3v) is 5.36. The van der Waals surface area contributed by atoms with Crippen molar-refractivity contribution in [2.75, 3.05) is 26.7 Å². The molecule has 3 heterocycles. The van der Waals surface area contributed by atoms with Crippen molar-refractivity contribution in [3.05, 3.63) is 41.2 Å². The summed E-state index contributed by atoms with van der Waals surface area (Å²) in [6.07, 6.45) is 2.13. The van der Waals surface area contributed by atoms with Crippen molar-refractivity contribution < 1.29 is 19.1 Å². The van der Waals surface area contributed by atoms with Gasteiger partial charge in [0.2, 0.25) is 5.91 Å². The fraction of sp³-hybridized carbons (Fsp3) is 0.500. The van der Waals surface area contributed by atoms with E-state index < -0.39 is 0 Å². The topological polar surface area (TPSA) is 98.6 Å². The predicted molar refractivity (Wildman–Crippen MR) is 103 cm³/mol. The Morgan fingerprint density at radius 3 is 2.90 bits per heavy atom. The van der Waals surface area contributed by atoms with Gasteiger partial charge < -0.3 is 19.7 Å². The highest BCUT2D eigenvalue weighted by Crippen LogP contribution is 2.28. The van der Waals surface area contributed by atoms with Crippen molar-refractivity contribution in [1.82, 2.24) is 25.2 Å². The summed E-state index contributed by atoms with van der Waals surface area (Å²) in [4.78, 5) is 25.9. The molecular weight excluding hydrogens is 374 g/mol. The third kappa shape index (κ3) is 4.24. The number of likely N-dealkylation sites (tertiary alicyclic amines) is 1. The SMILES string of the molecule is COc1ccc(C2Cn3nnc(C(=O)NCCCN4CCCC4=O)c3CO2)cc1. The fourth-order valence-electron chi connectivity index (χ4n) is 3.70. The van der Waals surface area contributed by atoms with Crippen LogP contribution in [0.3, 0.4) is 0 Å². The number of nitrogens with one attached hydrogen (secondary N) is 1. The van der Waals surface area contributed by atoms with Crippen molar-refractivity contribution in [3.8, 4) is 5.75 Å². The second-order valence-electron chi connectivity index (χ2n) is 7.23. The number of aromatic nitrogens is 3. The molecule has 2 amide bonds. The van der Waals surface area contributed by atoms with Gasteiger partial charge in [0.05, 0.1) is 26.0 Å². The van der Waals surface area contributed by atoms with Gasteiger partial charge >= 0.3 is 0 Å². The van der Waals surface area contributed by atoms with Gasteiger partial charge in [-0.05, 0) is 30.5 Å². The van der Waals surface area contributed by atoms with Crippen LogP contribution in [0, 0.1) is 0 Å². The van der Waals surface area contributed by atoms with Crippen LogP contribution in [0.25, 0.3) is 0 Å². The molecule has 9 heteroatoms. The first-order chi connectivity index (χ1) is 14.2. The number of benzene rings is 1. The first kappa shape index (κ1) is 19.4. The highest BCUT2D eigenvalue weighted by Gasteiger charge is 2.27. The summed E-state index contributed by atoms with van der Waals surface area (Å²) in [5.41, 5.74) is 2.01. The molecular formula is C20H25N5O4. The van der Waals surface area contributed by atoms with E-state index in [2.05, 4.69) is 15.6 Å². The Kier molecular flexibility index (Phi) is 5.75. The van der Waals surface area contributed by atoms with E-state index in [0.29, 0.717) is 37.4 Å². The minimum absolute atomic E-state index is 0.149. The normalized spacial score (nSPS) is 18.6. The molecule has 4 rings (SSSR count).